The van der Waals surface area contributed by atoms with Gasteiger partial charge < -0.3 is 20.3 Å². The Morgan fingerprint density at radius 2 is 1.96 bits per heavy atom. The Balaban J connectivity index is 2.02. The first-order valence-electron chi connectivity index (χ1n) is 8.11. The predicted octanol–water partition coefficient (Wildman–Crippen LogP) is 1.68. The largest absolute Gasteiger partial charge is 0.462 e. The molecule has 2 rings (SSSR count). The minimum Gasteiger partial charge on any atom is -0.462 e. The SMILES string of the molecule is CCOC(=O)c1ccccc1N(CCNC(=O)NC1CC1)C(C)=O. The van der Waals surface area contributed by atoms with Gasteiger partial charge in [-0.15, -0.1) is 0 Å². The fraction of sp³-hybridized carbons (Fsp3) is 0.471. The molecule has 1 saturated carbocycles. The van der Waals surface area contributed by atoms with Crippen LogP contribution in [0.3, 0.4) is 0 Å². The standard InChI is InChI=1S/C17H23N3O4/c1-3-24-16(22)14-6-4-5-7-15(14)20(12(2)21)11-10-18-17(23)19-13-8-9-13/h4-7,13H,3,8-11H2,1-2H3,(H2,18,19,23). The number of nitrogens with one attached hydrogen (secondary N) is 2. The van der Waals surface area contributed by atoms with Gasteiger partial charge in [0.2, 0.25) is 5.91 Å². The molecular formula is C17H23N3O4. The number of carbonyl (C=O) groups is 3. The molecule has 0 aliphatic heterocycles. The van der Waals surface area contributed by atoms with Gasteiger partial charge in [0.25, 0.3) is 0 Å². The summed E-state index contributed by atoms with van der Waals surface area (Å²) < 4.78 is 5.04. The monoisotopic (exact) mass is 333 g/mol. The maximum Gasteiger partial charge on any atom is 0.340 e. The highest BCUT2D eigenvalue weighted by molar-refractivity contribution is 6.02. The lowest BCUT2D eigenvalue weighted by molar-refractivity contribution is -0.116. The maximum absolute atomic E-state index is 12.1. The highest BCUT2D eigenvalue weighted by Gasteiger charge is 2.23. The fourth-order valence-corrected chi connectivity index (χ4v) is 2.28. The van der Waals surface area contributed by atoms with E-state index in [1.54, 1.807) is 31.2 Å². The first-order valence-corrected chi connectivity index (χ1v) is 8.11. The van der Waals surface area contributed by atoms with Crippen LogP contribution in [0.4, 0.5) is 10.5 Å². The maximum atomic E-state index is 12.1. The summed E-state index contributed by atoms with van der Waals surface area (Å²) in [5, 5.41) is 5.54. The molecule has 0 spiro atoms. The van der Waals surface area contributed by atoms with Crippen LogP contribution in [0.25, 0.3) is 0 Å². The zero-order valence-electron chi connectivity index (χ0n) is 14.0. The Bertz CT molecular complexity index is 614. The van der Waals surface area contributed by atoms with Crippen molar-refractivity contribution in [2.24, 2.45) is 0 Å². The van der Waals surface area contributed by atoms with E-state index >= 15 is 0 Å². The minimum absolute atomic E-state index is 0.212. The first kappa shape index (κ1) is 17.8. The Labute approximate surface area is 141 Å². The minimum atomic E-state index is -0.473. The van der Waals surface area contributed by atoms with Crippen LogP contribution in [0.2, 0.25) is 0 Å². The van der Waals surface area contributed by atoms with Crippen LogP contribution in [0.5, 0.6) is 0 Å². The molecule has 0 atom stereocenters. The van der Waals surface area contributed by atoms with Crippen molar-refractivity contribution in [3.63, 3.8) is 0 Å². The number of anilines is 1. The number of nitrogens with zero attached hydrogens (tertiary/aromatic N) is 1. The molecule has 1 fully saturated rings. The van der Waals surface area contributed by atoms with Crippen LogP contribution in [0.15, 0.2) is 24.3 Å². The number of amides is 3. The van der Waals surface area contributed by atoms with E-state index in [9.17, 15) is 14.4 Å². The molecule has 1 aliphatic carbocycles. The number of esters is 1. The van der Waals surface area contributed by atoms with E-state index in [0.717, 1.165) is 12.8 Å². The molecule has 0 saturated heterocycles. The van der Waals surface area contributed by atoms with Crippen molar-refractivity contribution >= 4 is 23.6 Å². The summed E-state index contributed by atoms with van der Waals surface area (Å²) in [5.41, 5.74) is 0.810. The van der Waals surface area contributed by atoms with Crippen LogP contribution < -0.4 is 15.5 Å². The molecule has 3 amide bonds. The van der Waals surface area contributed by atoms with E-state index in [2.05, 4.69) is 10.6 Å². The van der Waals surface area contributed by atoms with Gasteiger partial charge in [0.1, 0.15) is 0 Å². The molecule has 0 unspecified atom stereocenters. The summed E-state index contributed by atoms with van der Waals surface area (Å²) in [4.78, 5) is 37.2. The molecule has 7 heteroatoms. The van der Waals surface area contributed by atoms with E-state index in [1.165, 1.54) is 11.8 Å². The lowest BCUT2D eigenvalue weighted by Gasteiger charge is -2.23. The van der Waals surface area contributed by atoms with E-state index in [4.69, 9.17) is 4.74 Å². The summed E-state index contributed by atoms with van der Waals surface area (Å²) in [6.45, 7) is 3.97. The summed E-state index contributed by atoms with van der Waals surface area (Å²) in [5.74, 6) is -0.685. The highest BCUT2D eigenvalue weighted by Crippen LogP contribution is 2.21. The van der Waals surface area contributed by atoms with Gasteiger partial charge >= 0.3 is 12.0 Å². The number of hydrogen-bond donors (Lipinski definition) is 2. The quantitative estimate of drug-likeness (QED) is 0.743. The third kappa shape index (κ3) is 4.97. The molecule has 130 valence electrons. The van der Waals surface area contributed by atoms with Crippen LogP contribution in [0, 0.1) is 0 Å². The van der Waals surface area contributed by atoms with Crippen LogP contribution in [-0.4, -0.2) is 43.6 Å². The number of rotatable bonds is 7. The third-order valence-corrected chi connectivity index (χ3v) is 3.60. The van der Waals surface area contributed by atoms with Gasteiger partial charge in [-0.3, -0.25) is 4.79 Å². The van der Waals surface area contributed by atoms with E-state index in [-0.39, 0.29) is 37.7 Å². The second-order valence-electron chi connectivity index (χ2n) is 5.58. The van der Waals surface area contributed by atoms with Gasteiger partial charge in [-0.1, -0.05) is 12.1 Å². The molecule has 2 N–H and O–H groups in total. The Morgan fingerprint density at radius 1 is 1.25 bits per heavy atom. The zero-order chi connectivity index (χ0) is 17.5. The highest BCUT2D eigenvalue weighted by atomic mass is 16.5. The molecule has 0 radical (unpaired) electrons. The average Bonchev–Trinajstić information content (AvgIpc) is 3.35. The van der Waals surface area contributed by atoms with Gasteiger partial charge in [0.05, 0.1) is 17.9 Å². The van der Waals surface area contributed by atoms with Crippen molar-refractivity contribution in [1.29, 1.82) is 0 Å². The Hall–Kier alpha value is -2.57. The van der Waals surface area contributed by atoms with Gasteiger partial charge in [-0.2, -0.15) is 0 Å². The fourth-order valence-electron chi connectivity index (χ4n) is 2.28. The van der Waals surface area contributed by atoms with E-state index < -0.39 is 5.97 Å². The van der Waals surface area contributed by atoms with E-state index in [0.29, 0.717) is 11.3 Å². The normalized spacial score (nSPS) is 13.1. The first-order chi connectivity index (χ1) is 11.5. The smallest absolute Gasteiger partial charge is 0.340 e. The second kappa shape index (κ2) is 8.33. The van der Waals surface area contributed by atoms with Crippen molar-refractivity contribution in [3.05, 3.63) is 29.8 Å². The molecule has 1 aliphatic rings. The number of benzene rings is 1. The summed E-state index contributed by atoms with van der Waals surface area (Å²) in [7, 11) is 0. The number of ether oxygens (including phenoxy) is 1. The van der Waals surface area contributed by atoms with Gasteiger partial charge in [-0.25, -0.2) is 9.59 Å². The number of urea groups is 1. The predicted molar refractivity (Wildman–Crippen MR) is 90.0 cm³/mol. The van der Waals surface area contributed by atoms with Gasteiger partial charge in [0, 0.05) is 26.1 Å². The molecule has 0 bridgehead atoms. The van der Waals surface area contributed by atoms with Crippen molar-refractivity contribution in [1.82, 2.24) is 10.6 Å². The average molecular weight is 333 g/mol. The van der Waals surface area contributed by atoms with Crippen molar-refractivity contribution < 1.29 is 19.1 Å². The Kier molecular flexibility index (Phi) is 6.17. The summed E-state index contributed by atoms with van der Waals surface area (Å²) >= 11 is 0. The number of para-hydroxylation sites is 1. The summed E-state index contributed by atoms with van der Waals surface area (Å²) in [6.07, 6.45) is 2.03. The number of hydrogen-bond acceptors (Lipinski definition) is 4. The van der Waals surface area contributed by atoms with Crippen LogP contribution >= 0.6 is 0 Å². The molecule has 7 nitrogen and oxygen atoms in total. The van der Waals surface area contributed by atoms with Crippen LogP contribution in [0.1, 0.15) is 37.0 Å². The van der Waals surface area contributed by atoms with Gasteiger partial charge in [0.15, 0.2) is 0 Å². The topological polar surface area (TPSA) is 87.7 Å². The lowest BCUT2D eigenvalue weighted by atomic mass is 10.1. The lowest BCUT2D eigenvalue weighted by Crippen LogP contribution is -2.42. The third-order valence-electron chi connectivity index (χ3n) is 3.60. The molecule has 1 aromatic rings. The molecular weight excluding hydrogens is 310 g/mol. The molecule has 0 aromatic heterocycles. The van der Waals surface area contributed by atoms with Crippen molar-refractivity contribution in [2.45, 2.75) is 32.7 Å². The van der Waals surface area contributed by atoms with E-state index in [1.807, 2.05) is 0 Å². The summed E-state index contributed by atoms with van der Waals surface area (Å²) in [6, 6.07) is 6.82. The molecule has 1 aromatic carbocycles. The second-order valence-corrected chi connectivity index (χ2v) is 5.58. The van der Waals surface area contributed by atoms with Crippen molar-refractivity contribution in [3.8, 4) is 0 Å². The number of carbonyl (C=O) groups excluding carboxylic acids is 3. The molecule has 24 heavy (non-hydrogen) atoms. The van der Waals surface area contributed by atoms with Crippen LogP contribution in [-0.2, 0) is 9.53 Å². The Morgan fingerprint density at radius 3 is 2.58 bits per heavy atom. The van der Waals surface area contributed by atoms with Crippen molar-refractivity contribution in [2.75, 3.05) is 24.6 Å². The van der Waals surface area contributed by atoms with Gasteiger partial charge in [-0.05, 0) is 31.9 Å². The zero-order valence-corrected chi connectivity index (χ0v) is 14.0. The molecule has 0 heterocycles.